The van der Waals surface area contributed by atoms with E-state index in [4.69, 9.17) is 0 Å². The normalized spacial score (nSPS) is 25.7. The number of carbonyl (C=O) groups is 1. The summed E-state index contributed by atoms with van der Waals surface area (Å²) in [7, 11) is 0. The third-order valence-corrected chi connectivity index (χ3v) is 6.09. The average Bonchev–Trinajstić information content (AvgIpc) is 2.55. The number of rotatable bonds is 5. The monoisotopic (exact) mass is 321 g/mol. The number of piperidine rings is 2. The van der Waals surface area contributed by atoms with Crippen molar-refractivity contribution in [3.63, 3.8) is 0 Å². The maximum Gasteiger partial charge on any atom is 0.172 e. The molecule has 2 fully saturated rings. The second-order valence-corrected chi connectivity index (χ2v) is 7.48. The Kier molecular flexibility index (Phi) is 5.53. The molecule has 0 bridgehead atoms. The quantitative estimate of drug-likeness (QED) is 0.764. The SMILES string of the molecule is O=C(CSC[C@@H]1CCCN2CCCC[C@H]12)c1ccc(F)cc1. The number of benzene rings is 1. The number of hydrogen-bond acceptors (Lipinski definition) is 3. The van der Waals surface area contributed by atoms with Gasteiger partial charge in [0.05, 0.1) is 5.75 Å². The van der Waals surface area contributed by atoms with E-state index >= 15 is 0 Å². The van der Waals surface area contributed by atoms with Crippen molar-refractivity contribution in [2.75, 3.05) is 24.6 Å². The third-order valence-electron chi connectivity index (χ3n) is 4.96. The molecule has 4 heteroatoms. The number of ketones is 1. The van der Waals surface area contributed by atoms with Gasteiger partial charge < -0.3 is 4.90 Å². The molecule has 0 aromatic heterocycles. The van der Waals surface area contributed by atoms with Crippen LogP contribution < -0.4 is 0 Å². The summed E-state index contributed by atoms with van der Waals surface area (Å²) < 4.78 is 12.9. The molecule has 2 aliphatic rings. The van der Waals surface area contributed by atoms with Crippen molar-refractivity contribution in [1.82, 2.24) is 4.90 Å². The van der Waals surface area contributed by atoms with Crippen molar-refractivity contribution in [1.29, 1.82) is 0 Å². The topological polar surface area (TPSA) is 20.3 Å². The van der Waals surface area contributed by atoms with E-state index in [1.54, 1.807) is 23.9 Å². The van der Waals surface area contributed by atoms with Crippen molar-refractivity contribution in [2.24, 2.45) is 5.92 Å². The van der Waals surface area contributed by atoms with E-state index in [1.165, 1.54) is 57.3 Å². The molecule has 0 saturated carbocycles. The predicted molar refractivity (Wildman–Crippen MR) is 90.0 cm³/mol. The van der Waals surface area contributed by atoms with E-state index in [2.05, 4.69) is 4.90 Å². The molecule has 2 atom stereocenters. The smallest absolute Gasteiger partial charge is 0.172 e. The molecule has 0 radical (unpaired) electrons. The van der Waals surface area contributed by atoms with Crippen LogP contribution in [0.4, 0.5) is 4.39 Å². The standard InChI is InChI=1S/C18H24FNOS/c19-16-8-6-14(7-9-16)18(21)13-22-12-15-4-3-11-20-10-2-1-5-17(15)20/h6-9,15,17H,1-5,10-13H2/t15-,17+/m0/s1. The maximum atomic E-state index is 12.9. The fourth-order valence-electron chi connectivity index (χ4n) is 3.79. The number of carbonyl (C=O) groups excluding carboxylic acids is 1. The molecule has 0 amide bonds. The fraction of sp³-hybridized carbons (Fsp3) is 0.611. The van der Waals surface area contributed by atoms with Crippen molar-refractivity contribution in [2.45, 2.75) is 38.1 Å². The molecular formula is C18H24FNOS. The lowest BCUT2D eigenvalue weighted by Crippen LogP contribution is -2.48. The van der Waals surface area contributed by atoms with Gasteiger partial charge in [-0.25, -0.2) is 4.39 Å². The Morgan fingerprint density at radius 2 is 1.91 bits per heavy atom. The van der Waals surface area contributed by atoms with Gasteiger partial charge in [0, 0.05) is 11.6 Å². The minimum atomic E-state index is -0.288. The average molecular weight is 321 g/mol. The molecule has 0 spiro atoms. The van der Waals surface area contributed by atoms with Crippen molar-refractivity contribution >= 4 is 17.5 Å². The number of fused-ring (bicyclic) bond motifs is 1. The Morgan fingerprint density at radius 3 is 2.73 bits per heavy atom. The van der Waals surface area contributed by atoms with Crippen LogP contribution in [0.15, 0.2) is 24.3 Å². The molecule has 0 aliphatic carbocycles. The first kappa shape index (κ1) is 16.0. The largest absolute Gasteiger partial charge is 0.300 e. The van der Waals surface area contributed by atoms with E-state index in [-0.39, 0.29) is 11.6 Å². The van der Waals surface area contributed by atoms with Crippen LogP contribution in [0.2, 0.25) is 0 Å². The van der Waals surface area contributed by atoms with Gasteiger partial charge in [-0.3, -0.25) is 4.79 Å². The minimum Gasteiger partial charge on any atom is -0.300 e. The molecule has 1 aromatic rings. The zero-order chi connectivity index (χ0) is 15.4. The molecular weight excluding hydrogens is 297 g/mol. The van der Waals surface area contributed by atoms with Crippen LogP contribution in [0.3, 0.4) is 0 Å². The lowest BCUT2D eigenvalue weighted by molar-refractivity contribution is 0.0693. The first-order valence-electron chi connectivity index (χ1n) is 8.34. The van der Waals surface area contributed by atoms with Crippen molar-refractivity contribution < 1.29 is 9.18 Å². The molecule has 2 heterocycles. The van der Waals surface area contributed by atoms with Gasteiger partial charge in [0.1, 0.15) is 5.82 Å². The van der Waals surface area contributed by atoms with Crippen LogP contribution in [-0.4, -0.2) is 41.3 Å². The van der Waals surface area contributed by atoms with E-state index in [9.17, 15) is 9.18 Å². The Morgan fingerprint density at radius 1 is 1.14 bits per heavy atom. The van der Waals surface area contributed by atoms with Gasteiger partial charge >= 0.3 is 0 Å². The van der Waals surface area contributed by atoms with Crippen LogP contribution in [-0.2, 0) is 0 Å². The van der Waals surface area contributed by atoms with Gasteiger partial charge in [0.25, 0.3) is 0 Å². The number of hydrogen-bond donors (Lipinski definition) is 0. The van der Waals surface area contributed by atoms with E-state index < -0.39 is 0 Å². The van der Waals surface area contributed by atoms with Gasteiger partial charge in [0.2, 0.25) is 0 Å². The van der Waals surface area contributed by atoms with Gasteiger partial charge in [-0.2, -0.15) is 11.8 Å². The Bertz CT molecular complexity index is 502. The molecule has 3 rings (SSSR count). The molecule has 2 nitrogen and oxygen atoms in total. The van der Waals surface area contributed by atoms with E-state index in [1.807, 2.05) is 0 Å². The lowest BCUT2D eigenvalue weighted by Gasteiger charge is -2.44. The highest BCUT2D eigenvalue weighted by Crippen LogP contribution is 2.32. The van der Waals surface area contributed by atoms with Crippen molar-refractivity contribution in [3.8, 4) is 0 Å². The van der Waals surface area contributed by atoms with Crippen LogP contribution in [0.1, 0.15) is 42.5 Å². The summed E-state index contributed by atoms with van der Waals surface area (Å²) >= 11 is 1.75. The number of thioether (sulfide) groups is 1. The number of halogens is 1. The summed E-state index contributed by atoms with van der Waals surface area (Å²) in [5, 5.41) is 0. The van der Waals surface area contributed by atoms with Crippen LogP contribution in [0.5, 0.6) is 0 Å². The summed E-state index contributed by atoms with van der Waals surface area (Å²) in [5.41, 5.74) is 0.622. The van der Waals surface area contributed by atoms with Gasteiger partial charge in [-0.1, -0.05) is 6.42 Å². The first-order chi connectivity index (χ1) is 10.7. The second kappa shape index (κ2) is 7.60. The molecule has 22 heavy (non-hydrogen) atoms. The molecule has 2 saturated heterocycles. The van der Waals surface area contributed by atoms with Crippen LogP contribution in [0, 0.1) is 11.7 Å². The Hall–Kier alpha value is -0.870. The highest BCUT2D eigenvalue weighted by Gasteiger charge is 2.32. The van der Waals surface area contributed by atoms with E-state index in [0.29, 0.717) is 11.3 Å². The zero-order valence-electron chi connectivity index (χ0n) is 13.0. The predicted octanol–water partition coefficient (Wildman–Crippen LogP) is 4.01. The molecule has 0 N–H and O–H groups in total. The zero-order valence-corrected chi connectivity index (χ0v) is 13.8. The van der Waals surface area contributed by atoms with Gasteiger partial charge in [0.15, 0.2) is 5.78 Å². The summed E-state index contributed by atoms with van der Waals surface area (Å²) in [4.78, 5) is 14.8. The van der Waals surface area contributed by atoms with Crippen LogP contribution >= 0.6 is 11.8 Å². The summed E-state index contributed by atoms with van der Waals surface area (Å²) in [6.07, 6.45) is 6.64. The van der Waals surface area contributed by atoms with Crippen LogP contribution in [0.25, 0.3) is 0 Å². The lowest BCUT2D eigenvalue weighted by atomic mass is 9.85. The first-order valence-corrected chi connectivity index (χ1v) is 9.50. The third kappa shape index (κ3) is 3.90. The number of Topliss-reactive ketones (excluding diaryl/α,β-unsaturated/α-hetero) is 1. The molecule has 1 aromatic carbocycles. The summed E-state index contributed by atoms with van der Waals surface area (Å²) in [5.74, 6) is 2.15. The second-order valence-electron chi connectivity index (χ2n) is 6.45. The highest BCUT2D eigenvalue weighted by molar-refractivity contribution is 7.99. The maximum absolute atomic E-state index is 12.9. The Balaban J connectivity index is 1.47. The van der Waals surface area contributed by atoms with E-state index in [0.717, 1.165) is 17.7 Å². The fourth-order valence-corrected chi connectivity index (χ4v) is 4.96. The summed E-state index contributed by atoms with van der Waals surface area (Å²) in [6, 6.07) is 6.64. The van der Waals surface area contributed by atoms with Gasteiger partial charge in [-0.05, 0) is 74.7 Å². The van der Waals surface area contributed by atoms with Gasteiger partial charge in [-0.15, -0.1) is 0 Å². The molecule has 2 aliphatic heterocycles. The highest BCUT2D eigenvalue weighted by atomic mass is 32.2. The number of nitrogens with zero attached hydrogens (tertiary/aromatic N) is 1. The summed E-state index contributed by atoms with van der Waals surface area (Å²) in [6.45, 7) is 2.53. The van der Waals surface area contributed by atoms with Crippen molar-refractivity contribution in [3.05, 3.63) is 35.6 Å². The molecule has 0 unspecified atom stereocenters. The minimum absolute atomic E-state index is 0.112. The Labute approximate surface area is 136 Å². The molecule has 120 valence electrons.